The van der Waals surface area contributed by atoms with Gasteiger partial charge in [0.2, 0.25) is 0 Å². The molecule has 5 nitrogen and oxygen atoms in total. The van der Waals surface area contributed by atoms with Gasteiger partial charge in [-0.05, 0) is 30.2 Å². The van der Waals surface area contributed by atoms with Crippen LogP contribution < -0.4 is 10.6 Å². The number of amides is 2. The van der Waals surface area contributed by atoms with Crippen molar-refractivity contribution in [1.82, 2.24) is 10.6 Å². The average molecular weight is 391 g/mol. The number of carbonyl (C=O) groups is 2. The summed E-state index contributed by atoms with van der Waals surface area (Å²) in [7, 11) is 0. The number of carbonyl (C=O) groups excluding carboxylic acids is 2. The second kappa shape index (κ2) is 7.81. The summed E-state index contributed by atoms with van der Waals surface area (Å²) >= 11 is 12.2. The van der Waals surface area contributed by atoms with Crippen molar-refractivity contribution in [3.63, 3.8) is 0 Å². The maximum atomic E-state index is 12.7. The average Bonchev–Trinajstić information content (AvgIpc) is 2.60. The largest absolute Gasteiger partial charge is 0.457 e. The number of ether oxygens (including phenoxy) is 1. The number of allylic oxidation sites excluding steroid dienone is 1. The van der Waals surface area contributed by atoms with Gasteiger partial charge in [0.05, 0.1) is 11.6 Å². The third-order valence-corrected chi connectivity index (χ3v) is 4.54. The van der Waals surface area contributed by atoms with Crippen LogP contribution in [-0.2, 0) is 16.1 Å². The molecular formula is C19H16Cl2N2O3. The van der Waals surface area contributed by atoms with Crippen LogP contribution in [0.3, 0.4) is 0 Å². The molecule has 1 aliphatic rings. The normalized spacial score (nSPS) is 16.7. The topological polar surface area (TPSA) is 67.4 Å². The maximum absolute atomic E-state index is 12.7. The lowest BCUT2D eigenvalue weighted by molar-refractivity contribution is -0.140. The van der Waals surface area contributed by atoms with E-state index in [0.717, 1.165) is 5.56 Å². The molecule has 1 atom stereocenters. The summed E-state index contributed by atoms with van der Waals surface area (Å²) in [6.07, 6.45) is 0. The Labute approximate surface area is 160 Å². The van der Waals surface area contributed by atoms with Gasteiger partial charge in [-0.25, -0.2) is 9.59 Å². The van der Waals surface area contributed by atoms with Crippen LogP contribution in [0, 0.1) is 0 Å². The minimum absolute atomic E-state index is 0.130. The molecule has 1 heterocycles. The molecule has 0 radical (unpaired) electrons. The van der Waals surface area contributed by atoms with Crippen molar-refractivity contribution in [1.29, 1.82) is 0 Å². The van der Waals surface area contributed by atoms with Crippen molar-refractivity contribution in [2.75, 3.05) is 0 Å². The van der Waals surface area contributed by atoms with Crippen LogP contribution in [0.1, 0.15) is 24.1 Å². The van der Waals surface area contributed by atoms with Gasteiger partial charge in [0, 0.05) is 15.7 Å². The number of benzene rings is 2. The van der Waals surface area contributed by atoms with E-state index in [-0.39, 0.29) is 6.61 Å². The first-order valence-corrected chi connectivity index (χ1v) is 8.65. The molecule has 0 saturated carbocycles. The zero-order valence-electron chi connectivity index (χ0n) is 13.9. The highest BCUT2D eigenvalue weighted by atomic mass is 35.5. The number of rotatable bonds is 4. The van der Waals surface area contributed by atoms with Gasteiger partial charge in [-0.15, -0.1) is 0 Å². The smallest absolute Gasteiger partial charge is 0.338 e. The van der Waals surface area contributed by atoms with Crippen LogP contribution >= 0.6 is 23.2 Å². The van der Waals surface area contributed by atoms with Gasteiger partial charge in [-0.1, -0.05) is 59.6 Å². The molecule has 26 heavy (non-hydrogen) atoms. The monoisotopic (exact) mass is 390 g/mol. The van der Waals surface area contributed by atoms with E-state index in [2.05, 4.69) is 10.6 Å². The summed E-state index contributed by atoms with van der Waals surface area (Å²) in [5.74, 6) is -0.533. The number of urea groups is 1. The minimum Gasteiger partial charge on any atom is -0.457 e. The van der Waals surface area contributed by atoms with Crippen molar-refractivity contribution < 1.29 is 14.3 Å². The molecule has 0 saturated heterocycles. The summed E-state index contributed by atoms with van der Waals surface area (Å²) in [4.78, 5) is 24.6. The van der Waals surface area contributed by atoms with Crippen molar-refractivity contribution in [3.05, 3.63) is 81.0 Å². The Morgan fingerprint density at radius 2 is 1.88 bits per heavy atom. The Balaban J connectivity index is 1.89. The maximum Gasteiger partial charge on any atom is 0.338 e. The SMILES string of the molecule is CC1=C(C(=O)OCc2ccccc2)C(c2ccc(Cl)cc2Cl)NC(=O)N1. The zero-order chi connectivity index (χ0) is 18.7. The van der Waals surface area contributed by atoms with Gasteiger partial charge < -0.3 is 15.4 Å². The molecule has 0 fully saturated rings. The quantitative estimate of drug-likeness (QED) is 0.761. The van der Waals surface area contributed by atoms with Gasteiger partial charge in [-0.2, -0.15) is 0 Å². The van der Waals surface area contributed by atoms with Gasteiger partial charge >= 0.3 is 12.0 Å². The molecule has 1 aliphatic heterocycles. The van der Waals surface area contributed by atoms with Crippen molar-refractivity contribution >= 4 is 35.2 Å². The van der Waals surface area contributed by atoms with E-state index in [9.17, 15) is 9.59 Å². The Bertz CT molecular complexity index is 882. The van der Waals surface area contributed by atoms with Gasteiger partial charge in [-0.3, -0.25) is 0 Å². The number of hydrogen-bond acceptors (Lipinski definition) is 3. The number of hydrogen-bond donors (Lipinski definition) is 2. The molecule has 134 valence electrons. The first-order valence-electron chi connectivity index (χ1n) is 7.90. The molecule has 3 rings (SSSR count). The molecule has 2 aromatic carbocycles. The fourth-order valence-electron chi connectivity index (χ4n) is 2.73. The van der Waals surface area contributed by atoms with Crippen LogP contribution in [0.25, 0.3) is 0 Å². The highest BCUT2D eigenvalue weighted by Gasteiger charge is 2.33. The van der Waals surface area contributed by atoms with Crippen LogP contribution in [0.2, 0.25) is 10.0 Å². The van der Waals surface area contributed by atoms with Crippen LogP contribution in [0.4, 0.5) is 4.79 Å². The molecule has 0 aromatic heterocycles. The summed E-state index contributed by atoms with van der Waals surface area (Å²) in [6.45, 7) is 1.78. The molecule has 7 heteroatoms. The van der Waals surface area contributed by atoms with E-state index in [0.29, 0.717) is 26.9 Å². The predicted octanol–water partition coefficient (Wildman–Crippen LogP) is 4.36. The predicted molar refractivity (Wildman–Crippen MR) is 99.8 cm³/mol. The molecule has 0 bridgehead atoms. The standard InChI is InChI=1S/C19H16Cl2N2O3/c1-11-16(18(24)26-10-12-5-3-2-4-6-12)17(23-19(25)22-11)14-8-7-13(20)9-15(14)21/h2-9,17H,10H2,1H3,(H2,22,23,25). The minimum atomic E-state index is -0.725. The Morgan fingerprint density at radius 1 is 1.15 bits per heavy atom. The molecule has 1 unspecified atom stereocenters. The fraction of sp³-hybridized carbons (Fsp3) is 0.158. The van der Waals surface area contributed by atoms with Gasteiger partial charge in [0.1, 0.15) is 6.61 Å². The van der Waals surface area contributed by atoms with Gasteiger partial charge in [0.15, 0.2) is 0 Å². The molecule has 0 spiro atoms. The Morgan fingerprint density at radius 3 is 2.58 bits per heavy atom. The van der Waals surface area contributed by atoms with E-state index in [1.165, 1.54) is 0 Å². The van der Waals surface area contributed by atoms with E-state index < -0.39 is 18.0 Å². The van der Waals surface area contributed by atoms with Gasteiger partial charge in [0.25, 0.3) is 0 Å². The van der Waals surface area contributed by atoms with Crippen LogP contribution in [0.15, 0.2) is 59.8 Å². The third kappa shape index (κ3) is 4.00. The van der Waals surface area contributed by atoms with Crippen molar-refractivity contribution in [2.45, 2.75) is 19.6 Å². The van der Waals surface area contributed by atoms with Crippen molar-refractivity contribution in [3.8, 4) is 0 Å². The Hall–Kier alpha value is -2.50. The fourth-order valence-corrected chi connectivity index (χ4v) is 3.25. The highest BCUT2D eigenvalue weighted by molar-refractivity contribution is 6.35. The highest BCUT2D eigenvalue weighted by Crippen LogP contribution is 2.33. The van der Waals surface area contributed by atoms with E-state index in [1.54, 1.807) is 25.1 Å². The van der Waals surface area contributed by atoms with Crippen LogP contribution in [0.5, 0.6) is 0 Å². The molecule has 2 aromatic rings. The van der Waals surface area contributed by atoms with E-state index in [4.69, 9.17) is 27.9 Å². The summed E-state index contributed by atoms with van der Waals surface area (Å²) in [5, 5.41) is 6.13. The second-order valence-corrected chi connectivity index (χ2v) is 6.64. The Kier molecular flexibility index (Phi) is 5.49. The van der Waals surface area contributed by atoms with Crippen LogP contribution in [-0.4, -0.2) is 12.0 Å². The van der Waals surface area contributed by atoms with Crippen molar-refractivity contribution in [2.24, 2.45) is 0 Å². The summed E-state index contributed by atoms with van der Waals surface area (Å²) < 4.78 is 5.43. The number of esters is 1. The first-order chi connectivity index (χ1) is 12.5. The summed E-state index contributed by atoms with van der Waals surface area (Å²) in [5.41, 5.74) is 2.15. The third-order valence-electron chi connectivity index (χ3n) is 3.98. The summed E-state index contributed by atoms with van der Waals surface area (Å²) in [6, 6.07) is 13.1. The molecule has 2 amide bonds. The lowest BCUT2D eigenvalue weighted by Gasteiger charge is -2.28. The molecular weight excluding hydrogens is 375 g/mol. The second-order valence-electron chi connectivity index (χ2n) is 5.80. The zero-order valence-corrected chi connectivity index (χ0v) is 15.4. The number of halogens is 2. The molecule has 0 aliphatic carbocycles. The van der Waals surface area contributed by atoms with E-state index in [1.807, 2.05) is 30.3 Å². The lowest BCUT2D eigenvalue weighted by atomic mass is 9.95. The van der Waals surface area contributed by atoms with E-state index >= 15 is 0 Å². The first kappa shape index (κ1) is 18.3. The number of nitrogens with one attached hydrogen (secondary N) is 2. The molecule has 2 N–H and O–H groups in total. The lowest BCUT2D eigenvalue weighted by Crippen LogP contribution is -2.45.